The molecule has 0 saturated heterocycles. The SMILES string of the molecule is Cc1cc(C#N)ccc1S(=O)(=O)Nc1n[nH]c(C)c1C. The summed E-state index contributed by atoms with van der Waals surface area (Å²) in [5, 5.41) is 15.4. The van der Waals surface area contributed by atoms with Crippen molar-refractivity contribution in [2.75, 3.05) is 4.72 Å². The molecule has 2 rings (SSSR count). The molecule has 0 bridgehead atoms. The van der Waals surface area contributed by atoms with E-state index in [0.717, 1.165) is 11.3 Å². The molecule has 0 spiro atoms. The van der Waals surface area contributed by atoms with Crippen LogP contribution < -0.4 is 4.72 Å². The number of benzene rings is 1. The molecule has 1 heterocycles. The second-order valence-corrected chi connectivity index (χ2v) is 6.17. The summed E-state index contributed by atoms with van der Waals surface area (Å²) in [5.41, 5.74) is 2.49. The van der Waals surface area contributed by atoms with Crippen LogP contribution in [0.1, 0.15) is 22.4 Å². The van der Waals surface area contributed by atoms with Gasteiger partial charge < -0.3 is 0 Å². The number of nitrogens with zero attached hydrogens (tertiary/aromatic N) is 2. The minimum atomic E-state index is -3.72. The second kappa shape index (κ2) is 4.98. The number of hydrogen-bond donors (Lipinski definition) is 2. The smallest absolute Gasteiger partial charge is 0.263 e. The molecule has 20 heavy (non-hydrogen) atoms. The predicted octanol–water partition coefficient (Wildman–Crippen LogP) is 2.01. The zero-order valence-corrected chi connectivity index (χ0v) is 12.2. The van der Waals surface area contributed by atoms with E-state index in [2.05, 4.69) is 14.9 Å². The second-order valence-electron chi connectivity index (χ2n) is 4.52. The van der Waals surface area contributed by atoms with Crippen LogP contribution in [0.3, 0.4) is 0 Å². The lowest BCUT2D eigenvalue weighted by molar-refractivity contribution is 0.600. The van der Waals surface area contributed by atoms with Crippen LogP contribution in [0.4, 0.5) is 5.82 Å². The van der Waals surface area contributed by atoms with E-state index in [9.17, 15) is 8.42 Å². The Morgan fingerprint density at radius 1 is 1.30 bits per heavy atom. The van der Waals surface area contributed by atoms with E-state index in [4.69, 9.17) is 5.26 Å². The third-order valence-electron chi connectivity index (χ3n) is 3.08. The molecule has 7 heteroatoms. The molecule has 0 aliphatic carbocycles. The van der Waals surface area contributed by atoms with Crippen LogP contribution in [0.5, 0.6) is 0 Å². The quantitative estimate of drug-likeness (QED) is 0.903. The monoisotopic (exact) mass is 290 g/mol. The number of aromatic nitrogens is 2. The van der Waals surface area contributed by atoms with Crippen molar-refractivity contribution in [3.8, 4) is 6.07 Å². The van der Waals surface area contributed by atoms with Crippen molar-refractivity contribution in [1.29, 1.82) is 5.26 Å². The highest BCUT2D eigenvalue weighted by atomic mass is 32.2. The first-order chi connectivity index (χ1) is 9.35. The lowest BCUT2D eigenvalue weighted by Crippen LogP contribution is -2.15. The molecule has 0 amide bonds. The first kappa shape index (κ1) is 14.1. The molecule has 0 aliphatic rings. The first-order valence-electron chi connectivity index (χ1n) is 5.90. The van der Waals surface area contributed by atoms with Gasteiger partial charge in [0.1, 0.15) is 0 Å². The zero-order chi connectivity index (χ0) is 14.9. The molecule has 0 aliphatic heterocycles. The molecular formula is C13H14N4O2S. The van der Waals surface area contributed by atoms with Gasteiger partial charge in [0.2, 0.25) is 0 Å². The summed E-state index contributed by atoms with van der Waals surface area (Å²) in [6, 6.07) is 6.41. The van der Waals surface area contributed by atoms with Crippen molar-refractivity contribution in [1.82, 2.24) is 10.2 Å². The lowest BCUT2D eigenvalue weighted by atomic mass is 10.2. The van der Waals surface area contributed by atoms with Crippen LogP contribution >= 0.6 is 0 Å². The molecule has 104 valence electrons. The number of aryl methyl sites for hydroxylation is 2. The van der Waals surface area contributed by atoms with E-state index < -0.39 is 10.0 Å². The van der Waals surface area contributed by atoms with E-state index in [0.29, 0.717) is 11.1 Å². The van der Waals surface area contributed by atoms with Gasteiger partial charge in [-0.15, -0.1) is 0 Å². The van der Waals surface area contributed by atoms with Gasteiger partial charge in [0.25, 0.3) is 10.0 Å². The van der Waals surface area contributed by atoms with E-state index >= 15 is 0 Å². The molecular weight excluding hydrogens is 276 g/mol. The topological polar surface area (TPSA) is 98.6 Å². The average Bonchev–Trinajstić information content (AvgIpc) is 2.69. The van der Waals surface area contributed by atoms with Crippen molar-refractivity contribution in [3.63, 3.8) is 0 Å². The molecule has 0 fully saturated rings. The van der Waals surface area contributed by atoms with Crippen molar-refractivity contribution < 1.29 is 8.42 Å². The van der Waals surface area contributed by atoms with E-state index in [-0.39, 0.29) is 10.7 Å². The maximum Gasteiger partial charge on any atom is 0.263 e. The van der Waals surface area contributed by atoms with E-state index in [1.807, 2.05) is 13.0 Å². The summed E-state index contributed by atoms with van der Waals surface area (Å²) < 4.78 is 27.1. The molecule has 0 atom stereocenters. The standard InChI is InChI=1S/C13H14N4O2S/c1-8-6-11(7-14)4-5-12(8)20(18,19)17-13-9(2)10(3)15-16-13/h4-6H,1-3H3,(H2,15,16,17). The lowest BCUT2D eigenvalue weighted by Gasteiger charge is -2.09. The maximum absolute atomic E-state index is 12.3. The van der Waals surface area contributed by atoms with Crippen LogP contribution in [0.2, 0.25) is 0 Å². The fourth-order valence-corrected chi connectivity index (χ4v) is 3.08. The number of anilines is 1. The summed E-state index contributed by atoms with van der Waals surface area (Å²) in [6.07, 6.45) is 0. The fraction of sp³-hybridized carbons (Fsp3) is 0.231. The van der Waals surface area contributed by atoms with Crippen molar-refractivity contribution in [2.24, 2.45) is 0 Å². The number of H-pyrrole nitrogens is 1. The summed E-state index contributed by atoms with van der Waals surface area (Å²) >= 11 is 0. The van der Waals surface area contributed by atoms with Gasteiger partial charge in [-0.05, 0) is 44.5 Å². The largest absolute Gasteiger partial charge is 0.280 e. The highest BCUT2D eigenvalue weighted by Crippen LogP contribution is 2.22. The third-order valence-corrected chi connectivity index (χ3v) is 4.58. The number of nitrogens with one attached hydrogen (secondary N) is 2. The van der Waals surface area contributed by atoms with E-state index in [1.54, 1.807) is 13.8 Å². The number of hydrogen-bond acceptors (Lipinski definition) is 4. The Labute approximate surface area is 117 Å². The van der Waals surface area contributed by atoms with Gasteiger partial charge in [-0.2, -0.15) is 10.4 Å². The van der Waals surface area contributed by atoms with Gasteiger partial charge in [0.05, 0.1) is 16.5 Å². The van der Waals surface area contributed by atoms with Crippen LogP contribution in [-0.4, -0.2) is 18.6 Å². The average molecular weight is 290 g/mol. The molecule has 2 N–H and O–H groups in total. The number of nitriles is 1. The third kappa shape index (κ3) is 2.51. The number of sulfonamides is 1. The summed E-state index contributed by atoms with van der Waals surface area (Å²) in [4.78, 5) is 0.136. The van der Waals surface area contributed by atoms with Gasteiger partial charge >= 0.3 is 0 Å². The van der Waals surface area contributed by atoms with E-state index in [1.165, 1.54) is 18.2 Å². The predicted molar refractivity (Wildman–Crippen MR) is 74.8 cm³/mol. The molecule has 0 unspecified atom stereocenters. The Bertz CT molecular complexity index is 800. The summed E-state index contributed by atoms with van der Waals surface area (Å²) in [7, 11) is -3.72. The molecule has 0 saturated carbocycles. The van der Waals surface area contributed by atoms with Crippen molar-refractivity contribution >= 4 is 15.8 Å². The Morgan fingerprint density at radius 3 is 2.50 bits per heavy atom. The molecule has 1 aromatic heterocycles. The van der Waals surface area contributed by atoms with Crippen molar-refractivity contribution in [3.05, 3.63) is 40.6 Å². The van der Waals surface area contributed by atoms with Gasteiger partial charge in [-0.25, -0.2) is 8.42 Å². The zero-order valence-electron chi connectivity index (χ0n) is 11.4. The van der Waals surface area contributed by atoms with Crippen LogP contribution in [0.15, 0.2) is 23.1 Å². The van der Waals surface area contributed by atoms with Gasteiger partial charge in [-0.3, -0.25) is 9.82 Å². The van der Waals surface area contributed by atoms with Gasteiger partial charge in [0, 0.05) is 11.3 Å². The molecule has 2 aromatic rings. The Morgan fingerprint density at radius 2 is 2.00 bits per heavy atom. The molecule has 1 aromatic carbocycles. The van der Waals surface area contributed by atoms with Gasteiger partial charge in [-0.1, -0.05) is 0 Å². The van der Waals surface area contributed by atoms with Gasteiger partial charge in [0.15, 0.2) is 5.82 Å². The first-order valence-corrected chi connectivity index (χ1v) is 7.38. The summed E-state index contributed by atoms with van der Waals surface area (Å²) in [6.45, 7) is 5.24. The highest BCUT2D eigenvalue weighted by Gasteiger charge is 2.19. The number of aromatic amines is 1. The highest BCUT2D eigenvalue weighted by molar-refractivity contribution is 7.92. The van der Waals surface area contributed by atoms with Crippen LogP contribution in [-0.2, 0) is 10.0 Å². The maximum atomic E-state index is 12.3. The minimum absolute atomic E-state index is 0.136. The summed E-state index contributed by atoms with van der Waals surface area (Å²) in [5.74, 6) is 0.284. The van der Waals surface area contributed by atoms with Crippen LogP contribution in [0.25, 0.3) is 0 Å². The Hall–Kier alpha value is -2.33. The Balaban J connectivity index is 2.41. The fourth-order valence-electron chi connectivity index (χ4n) is 1.79. The number of rotatable bonds is 3. The molecule has 6 nitrogen and oxygen atoms in total. The molecule has 0 radical (unpaired) electrons. The minimum Gasteiger partial charge on any atom is -0.280 e. The van der Waals surface area contributed by atoms with Crippen molar-refractivity contribution in [2.45, 2.75) is 25.7 Å². The van der Waals surface area contributed by atoms with Crippen LogP contribution in [0, 0.1) is 32.1 Å². The Kier molecular flexibility index (Phi) is 3.51. The normalized spacial score (nSPS) is 11.1.